The van der Waals surface area contributed by atoms with Crippen LogP contribution in [0.5, 0.6) is 5.75 Å². The highest BCUT2D eigenvalue weighted by Crippen LogP contribution is 2.27. The van der Waals surface area contributed by atoms with Crippen LogP contribution in [-0.4, -0.2) is 24.3 Å². The monoisotopic (exact) mass is 203 g/mol. The zero-order valence-corrected chi connectivity index (χ0v) is 8.62. The van der Waals surface area contributed by atoms with Gasteiger partial charge in [-0.05, 0) is 30.7 Å². The molecular formula is C12H13NO2. The molecule has 1 aliphatic rings. The van der Waals surface area contributed by atoms with Gasteiger partial charge in [-0.1, -0.05) is 0 Å². The molecule has 0 saturated carbocycles. The first kappa shape index (κ1) is 8.80. The molecule has 3 heteroatoms. The Labute approximate surface area is 88.0 Å². The van der Waals surface area contributed by atoms with Crippen LogP contribution in [0.2, 0.25) is 0 Å². The van der Waals surface area contributed by atoms with Gasteiger partial charge in [0.2, 0.25) is 0 Å². The van der Waals surface area contributed by atoms with Gasteiger partial charge in [-0.3, -0.25) is 0 Å². The van der Waals surface area contributed by atoms with E-state index in [1.165, 1.54) is 5.56 Å². The third kappa shape index (κ3) is 1.70. The van der Waals surface area contributed by atoms with Crippen molar-refractivity contribution in [2.45, 2.75) is 13.0 Å². The fraction of sp³-hybridized carbons (Fsp3) is 0.333. The van der Waals surface area contributed by atoms with Crippen LogP contribution in [-0.2, 0) is 4.74 Å². The highest BCUT2D eigenvalue weighted by molar-refractivity contribution is 5.86. The Morgan fingerprint density at radius 3 is 3.20 bits per heavy atom. The van der Waals surface area contributed by atoms with Gasteiger partial charge in [-0.2, -0.15) is 0 Å². The van der Waals surface area contributed by atoms with Crippen molar-refractivity contribution < 1.29 is 9.47 Å². The van der Waals surface area contributed by atoms with Gasteiger partial charge < -0.3 is 14.5 Å². The second-order valence-corrected chi connectivity index (χ2v) is 3.97. The van der Waals surface area contributed by atoms with E-state index in [0.717, 1.165) is 23.3 Å². The number of aromatic amines is 1. The molecule has 1 atom stereocenters. The molecule has 15 heavy (non-hydrogen) atoms. The van der Waals surface area contributed by atoms with Gasteiger partial charge >= 0.3 is 0 Å². The first-order valence-electron chi connectivity index (χ1n) is 5.15. The summed E-state index contributed by atoms with van der Waals surface area (Å²) in [4.78, 5) is 3.19. The largest absolute Gasteiger partial charge is 0.490 e. The molecule has 0 amide bonds. The van der Waals surface area contributed by atoms with Crippen LogP contribution in [0.25, 0.3) is 10.9 Å². The minimum atomic E-state index is 0.305. The van der Waals surface area contributed by atoms with Crippen molar-refractivity contribution in [1.29, 1.82) is 0 Å². The molecule has 1 unspecified atom stereocenters. The quantitative estimate of drug-likeness (QED) is 0.777. The molecule has 1 saturated heterocycles. The Kier molecular flexibility index (Phi) is 1.92. The predicted molar refractivity (Wildman–Crippen MR) is 58.3 cm³/mol. The third-order valence-corrected chi connectivity index (χ3v) is 2.60. The Balaban J connectivity index is 1.95. The Morgan fingerprint density at radius 1 is 1.53 bits per heavy atom. The fourth-order valence-electron chi connectivity index (χ4n) is 1.74. The Bertz CT molecular complexity index is 485. The molecule has 2 heterocycles. The van der Waals surface area contributed by atoms with Crippen LogP contribution in [0.4, 0.5) is 0 Å². The highest BCUT2D eigenvalue weighted by Gasteiger charge is 2.23. The lowest BCUT2D eigenvalue weighted by atomic mass is 10.1. The molecular weight excluding hydrogens is 190 g/mol. The van der Waals surface area contributed by atoms with Crippen LogP contribution in [0, 0.1) is 6.92 Å². The molecule has 1 aromatic heterocycles. The van der Waals surface area contributed by atoms with E-state index in [1.54, 1.807) is 0 Å². The summed E-state index contributed by atoms with van der Waals surface area (Å²) >= 11 is 0. The summed E-state index contributed by atoms with van der Waals surface area (Å²) in [5, 5.41) is 1.14. The SMILES string of the molecule is Cc1cc(OCC2CO2)c2cc[nH]c2c1. The summed E-state index contributed by atoms with van der Waals surface area (Å²) in [5.74, 6) is 0.946. The van der Waals surface area contributed by atoms with Crippen LogP contribution >= 0.6 is 0 Å². The third-order valence-electron chi connectivity index (χ3n) is 2.60. The number of ether oxygens (including phenoxy) is 2. The van der Waals surface area contributed by atoms with Crippen molar-refractivity contribution in [1.82, 2.24) is 4.98 Å². The molecule has 3 nitrogen and oxygen atoms in total. The highest BCUT2D eigenvalue weighted by atomic mass is 16.6. The number of epoxide rings is 1. The van der Waals surface area contributed by atoms with E-state index in [0.29, 0.717) is 12.7 Å². The summed E-state index contributed by atoms with van der Waals surface area (Å²) < 4.78 is 10.9. The lowest BCUT2D eigenvalue weighted by molar-refractivity contribution is 0.265. The molecule has 0 spiro atoms. The van der Waals surface area contributed by atoms with Gasteiger partial charge in [0.25, 0.3) is 0 Å². The molecule has 1 N–H and O–H groups in total. The number of rotatable bonds is 3. The average Bonchev–Trinajstić information content (AvgIpc) is 2.92. The van der Waals surface area contributed by atoms with Gasteiger partial charge in [0.1, 0.15) is 18.5 Å². The number of benzene rings is 1. The Hall–Kier alpha value is -1.48. The van der Waals surface area contributed by atoms with Gasteiger partial charge in [0.15, 0.2) is 0 Å². The molecule has 1 aromatic carbocycles. The normalized spacial score (nSPS) is 19.4. The van der Waals surface area contributed by atoms with Crippen LogP contribution < -0.4 is 4.74 Å². The molecule has 3 rings (SSSR count). The number of H-pyrrole nitrogens is 1. The van der Waals surface area contributed by atoms with Crippen molar-refractivity contribution in [3.8, 4) is 5.75 Å². The lowest BCUT2D eigenvalue weighted by Crippen LogP contribution is -2.04. The van der Waals surface area contributed by atoms with E-state index in [2.05, 4.69) is 24.0 Å². The molecule has 1 aliphatic heterocycles. The molecule has 0 bridgehead atoms. The van der Waals surface area contributed by atoms with Gasteiger partial charge in [-0.15, -0.1) is 0 Å². The maximum atomic E-state index is 5.74. The van der Waals surface area contributed by atoms with Crippen molar-refractivity contribution in [3.05, 3.63) is 30.0 Å². The maximum Gasteiger partial charge on any atom is 0.129 e. The maximum absolute atomic E-state index is 5.74. The van der Waals surface area contributed by atoms with Crippen molar-refractivity contribution in [3.63, 3.8) is 0 Å². The van der Waals surface area contributed by atoms with E-state index >= 15 is 0 Å². The van der Waals surface area contributed by atoms with E-state index in [1.807, 2.05) is 12.3 Å². The first-order chi connectivity index (χ1) is 7.33. The molecule has 78 valence electrons. The lowest BCUT2D eigenvalue weighted by Gasteiger charge is -2.06. The minimum Gasteiger partial charge on any atom is -0.490 e. The van der Waals surface area contributed by atoms with Crippen LogP contribution in [0.3, 0.4) is 0 Å². The summed E-state index contributed by atoms with van der Waals surface area (Å²) in [6, 6.07) is 6.23. The fourth-order valence-corrected chi connectivity index (χ4v) is 1.74. The number of aryl methyl sites for hydroxylation is 1. The number of aromatic nitrogens is 1. The van der Waals surface area contributed by atoms with Gasteiger partial charge in [-0.25, -0.2) is 0 Å². The predicted octanol–water partition coefficient (Wildman–Crippen LogP) is 2.25. The molecule has 0 radical (unpaired) electrons. The van der Waals surface area contributed by atoms with E-state index in [4.69, 9.17) is 9.47 Å². The van der Waals surface area contributed by atoms with E-state index < -0.39 is 0 Å². The number of fused-ring (bicyclic) bond motifs is 1. The molecule has 1 fully saturated rings. The summed E-state index contributed by atoms with van der Waals surface area (Å²) in [6.07, 6.45) is 2.24. The van der Waals surface area contributed by atoms with Crippen LogP contribution in [0.1, 0.15) is 5.56 Å². The minimum absolute atomic E-state index is 0.305. The second-order valence-electron chi connectivity index (χ2n) is 3.97. The number of hydrogen-bond acceptors (Lipinski definition) is 2. The zero-order chi connectivity index (χ0) is 10.3. The van der Waals surface area contributed by atoms with Crippen LogP contribution in [0.15, 0.2) is 24.4 Å². The standard InChI is InChI=1S/C12H13NO2/c1-8-4-11-10(2-3-13-11)12(5-8)15-7-9-6-14-9/h2-5,9,13H,6-7H2,1H3. The van der Waals surface area contributed by atoms with Crippen molar-refractivity contribution >= 4 is 10.9 Å². The first-order valence-corrected chi connectivity index (χ1v) is 5.15. The van der Waals surface area contributed by atoms with E-state index in [9.17, 15) is 0 Å². The smallest absolute Gasteiger partial charge is 0.129 e. The van der Waals surface area contributed by atoms with E-state index in [-0.39, 0.29) is 0 Å². The Morgan fingerprint density at radius 2 is 2.40 bits per heavy atom. The number of hydrogen-bond donors (Lipinski definition) is 1. The summed E-state index contributed by atoms with van der Waals surface area (Å²) in [5.41, 5.74) is 2.33. The topological polar surface area (TPSA) is 37.5 Å². The summed E-state index contributed by atoms with van der Waals surface area (Å²) in [7, 11) is 0. The number of nitrogens with one attached hydrogen (secondary N) is 1. The average molecular weight is 203 g/mol. The van der Waals surface area contributed by atoms with Gasteiger partial charge in [0.05, 0.1) is 6.61 Å². The zero-order valence-electron chi connectivity index (χ0n) is 8.62. The second kappa shape index (κ2) is 3.28. The molecule has 0 aliphatic carbocycles. The van der Waals surface area contributed by atoms with Crippen molar-refractivity contribution in [2.75, 3.05) is 13.2 Å². The molecule has 2 aromatic rings. The van der Waals surface area contributed by atoms with Crippen molar-refractivity contribution in [2.24, 2.45) is 0 Å². The summed E-state index contributed by atoms with van der Waals surface area (Å²) in [6.45, 7) is 3.56. The van der Waals surface area contributed by atoms with Gasteiger partial charge in [0, 0.05) is 17.1 Å².